The molecule has 238 valence electrons. The van der Waals surface area contributed by atoms with Crippen molar-refractivity contribution in [1.29, 1.82) is 0 Å². The maximum absolute atomic E-state index is 13.0. The van der Waals surface area contributed by atoms with E-state index in [-0.39, 0.29) is 22.9 Å². The summed E-state index contributed by atoms with van der Waals surface area (Å²) in [6.45, 7) is 10.9. The van der Waals surface area contributed by atoms with Gasteiger partial charge in [-0.25, -0.2) is 4.79 Å². The SMILES string of the molecule is COc1ccc(NC(=O)C(CCCCNC(=O)c2cn(CC3(CI)COC(C)(C)OC3)nn2)NC(=O)OC(C)(C)C)cc1. The molecule has 1 atom stereocenters. The topological polar surface area (TPSA) is 155 Å². The van der Waals surface area contributed by atoms with Crippen LogP contribution in [0.15, 0.2) is 30.5 Å². The van der Waals surface area contributed by atoms with E-state index < -0.39 is 23.5 Å². The molecule has 0 bridgehead atoms. The molecule has 0 saturated carbocycles. The second-order valence-corrected chi connectivity index (χ2v) is 12.8. The van der Waals surface area contributed by atoms with E-state index in [2.05, 4.69) is 48.9 Å². The van der Waals surface area contributed by atoms with Crippen molar-refractivity contribution in [2.24, 2.45) is 5.41 Å². The highest BCUT2D eigenvalue weighted by Crippen LogP contribution is 2.33. The number of alkyl halides is 1. The number of carbonyl (C=O) groups is 3. The van der Waals surface area contributed by atoms with Crippen LogP contribution in [-0.4, -0.2) is 81.6 Å². The van der Waals surface area contributed by atoms with Crippen LogP contribution in [0.4, 0.5) is 10.5 Å². The van der Waals surface area contributed by atoms with E-state index in [0.29, 0.717) is 57.0 Å². The molecule has 2 heterocycles. The lowest BCUT2D eigenvalue weighted by molar-refractivity contribution is -0.283. The lowest BCUT2D eigenvalue weighted by Crippen LogP contribution is -2.49. The smallest absolute Gasteiger partial charge is 0.408 e. The zero-order valence-electron chi connectivity index (χ0n) is 25.7. The van der Waals surface area contributed by atoms with Gasteiger partial charge in [-0.2, -0.15) is 0 Å². The first-order chi connectivity index (χ1) is 20.2. The minimum atomic E-state index is -0.837. The second-order valence-electron chi connectivity index (χ2n) is 12.1. The highest BCUT2D eigenvalue weighted by atomic mass is 127. The molecule has 1 aliphatic heterocycles. The summed E-state index contributed by atoms with van der Waals surface area (Å²) in [5.74, 6) is -0.673. The Kier molecular flexibility index (Phi) is 12.2. The summed E-state index contributed by atoms with van der Waals surface area (Å²) in [6.07, 6.45) is 2.40. The molecule has 3 N–H and O–H groups in total. The molecule has 2 aromatic rings. The number of carbonyl (C=O) groups excluding carboxylic acids is 3. The molecule has 0 spiro atoms. The molecule has 0 radical (unpaired) electrons. The monoisotopic (exact) mass is 714 g/mol. The van der Waals surface area contributed by atoms with Crippen molar-refractivity contribution in [1.82, 2.24) is 25.6 Å². The molecule has 1 fully saturated rings. The number of methoxy groups -OCH3 is 1. The van der Waals surface area contributed by atoms with E-state index in [4.69, 9.17) is 18.9 Å². The standard InChI is InChI=1S/C29H43IN6O7/c1-27(2,3)43-26(39)33-22(25(38)32-20-10-12-21(40-6)13-11-20)9-7-8-14-31-24(37)23-15-36(35-34-23)17-29(16-30)18-41-28(4,5)42-19-29/h10-13,15,22H,7-9,14,16-19H2,1-6H3,(H,31,37)(H,32,38)(H,33,39). The number of benzene rings is 1. The number of hydrogen-bond donors (Lipinski definition) is 3. The minimum Gasteiger partial charge on any atom is -0.497 e. The third-order valence-corrected chi connectivity index (χ3v) is 8.19. The quantitative estimate of drug-likeness (QED) is 0.159. The summed E-state index contributed by atoms with van der Waals surface area (Å²) < 4.78 is 24.7. The van der Waals surface area contributed by atoms with Crippen LogP contribution < -0.4 is 20.7 Å². The largest absolute Gasteiger partial charge is 0.497 e. The van der Waals surface area contributed by atoms with E-state index in [1.807, 2.05) is 13.8 Å². The van der Waals surface area contributed by atoms with Gasteiger partial charge in [0, 0.05) is 22.1 Å². The van der Waals surface area contributed by atoms with Gasteiger partial charge in [-0.05, 0) is 78.1 Å². The van der Waals surface area contributed by atoms with Gasteiger partial charge in [-0.3, -0.25) is 14.3 Å². The van der Waals surface area contributed by atoms with Crippen molar-refractivity contribution in [2.75, 3.05) is 36.6 Å². The summed E-state index contributed by atoms with van der Waals surface area (Å²) in [5.41, 5.74) is -0.191. The average molecular weight is 715 g/mol. The number of alkyl carbamates (subject to hydrolysis) is 1. The molecule has 14 heteroatoms. The summed E-state index contributed by atoms with van der Waals surface area (Å²) in [5, 5.41) is 16.5. The molecule has 1 aliphatic rings. The highest BCUT2D eigenvalue weighted by molar-refractivity contribution is 14.1. The van der Waals surface area contributed by atoms with Crippen LogP contribution in [0.2, 0.25) is 0 Å². The maximum atomic E-state index is 13.0. The van der Waals surface area contributed by atoms with E-state index in [9.17, 15) is 14.4 Å². The lowest BCUT2D eigenvalue weighted by Gasteiger charge is -2.42. The number of unbranched alkanes of at least 4 members (excludes halogenated alkanes) is 1. The van der Waals surface area contributed by atoms with Crippen molar-refractivity contribution in [2.45, 2.75) is 77.9 Å². The molecular formula is C29H43IN6O7. The molecule has 1 aromatic heterocycles. The van der Waals surface area contributed by atoms with Crippen molar-refractivity contribution in [3.8, 4) is 5.75 Å². The predicted molar refractivity (Wildman–Crippen MR) is 168 cm³/mol. The number of amides is 3. The fourth-order valence-electron chi connectivity index (χ4n) is 4.16. The fourth-order valence-corrected chi connectivity index (χ4v) is 4.84. The number of nitrogens with zero attached hydrogens (tertiary/aromatic N) is 3. The van der Waals surface area contributed by atoms with Crippen LogP contribution in [0, 0.1) is 5.41 Å². The lowest BCUT2D eigenvalue weighted by atomic mass is 9.91. The highest BCUT2D eigenvalue weighted by Gasteiger charge is 2.40. The van der Waals surface area contributed by atoms with E-state index in [1.54, 1.807) is 63.0 Å². The number of anilines is 1. The van der Waals surface area contributed by atoms with Crippen LogP contribution in [0.5, 0.6) is 5.75 Å². The van der Waals surface area contributed by atoms with Gasteiger partial charge < -0.3 is 34.9 Å². The Labute approximate surface area is 266 Å². The van der Waals surface area contributed by atoms with Gasteiger partial charge in [0.05, 0.1) is 33.1 Å². The van der Waals surface area contributed by atoms with Crippen LogP contribution in [-0.2, 0) is 25.5 Å². The van der Waals surface area contributed by atoms with Crippen LogP contribution in [0.25, 0.3) is 0 Å². The molecule has 3 amide bonds. The fraction of sp³-hybridized carbons (Fsp3) is 0.621. The Morgan fingerprint density at radius 1 is 1.12 bits per heavy atom. The first-order valence-electron chi connectivity index (χ1n) is 14.2. The third-order valence-electron chi connectivity index (χ3n) is 6.57. The molecule has 1 saturated heterocycles. The number of ether oxygens (including phenoxy) is 4. The van der Waals surface area contributed by atoms with Crippen LogP contribution in [0.3, 0.4) is 0 Å². The van der Waals surface area contributed by atoms with Crippen molar-refractivity contribution < 1.29 is 33.3 Å². The third kappa shape index (κ3) is 11.2. The first-order valence-corrected chi connectivity index (χ1v) is 15.7. The van der Waals surface area contributed by atoms with E-state index in [0.717, 1.165) is 4.43 Å². The van der Waals surface area contributed by atoms with Gasteiger partial charge in [-0.15, -0.1) is 5.10 Å². The van der Waals surface area contributed by atoms with Gasteiger partial charge >= 0.3 is 6.09 Å². The molecular weight excluding hydrogens is 671 g/mol. The van der Waals surface area contributed by atoms with Crippen LogP contribution in [0.1, 0.15) is 64.4 Å². The van der Waals surface area contributed by atoms with Gasteiger partial charge in [0.25, 0.3) is 5.91 Å². The van der Waals surface area contributed by atoms with Gasteiger partial charge in [0.15, 0.2) is 11.5 Å². The number of nitrogens with one attached hydrogen (secondary N) is 3. The molecule has 3 rings (SSSR count). The van der Waals surface area contributed by atoms with Crippen molar-refractivity contribution >= 4 is 46.2 Å². The molecule has 13 nitrogen and oxygen atoms in total. The minimum absolute atomic E-state index is 0.213. The van der Waals surface area contributed by atoms with Crippen molar-refractivity contribution in [3.63, 3.8) is 0 Å². The first kappa shape index (κ1) is 34.5. The van der Waals surface area contributed by atoms with Crippen LogP contribution >= 0.6 is 22.6 Å². The van der Waals surface area contributed by atoms with Gasteiger partial charge in [0.2, 0.25) is 5.91 Å². The second kappa shape index (κ2) is 15.1. The summed E-state index contributed by atoms with van der Waals surface area (Å²) in [4.78, 5) is 38.1. The molecule has 1 aromatic carbocycles. The average Bonchev–Trinajstić information content (AvgIpc) is 3.41. The Balaban J connectivity index is 1.49. The van der Waals surface area contributed by atoms with E-state index in [1.165, 1.54) is 0 Å². The number of rotatable bonds is 13. The summed E-state index contributed by atoms with van der Waals surface area (Å²) >= 11 is 2.31. The zero-order valence-corrected chi connectivity index (χ0v) is 27.9. The summed E-state index contributed by atoms with van der Waals surface area (Å²) in [6, 6.07) is 6.05. The molecule has 0 aliphatic carbocycles. The van der Waals surface area contributed by atoms with E-state index >= 15 is 0 Å². The number of halogens is 1. The zero-order chi connectivity index (χ0) is 31.7. The molecule has 1 unspecified atom stereocenters. The number of aromatic nitrogens is 3. The Morgan fingerprint density at radius 3 is 2.40 bits per heavy atom. The van der Waals surface area contributed by atoms with Gasteiger partial charge in [0.1, 0.15) is 17.4 Å². The summed E-state index contributed by atoms with van der Waals surface area (Å²) in [7, 11) is 1.56. The van der Waals surface area contributed by atoms with Gasteiger partial charge in [-0.1, -0.05) is 27.8 Å². The van der Waals surface area contributed by atoms with Crippen molar-refractivity contribution in [3.05, 3.63) is 36.2 Å². The maximum Gasteiger partial charge on any atom is 0.408 e. The Bertz CT molecular complexity index is 1220. The normalized spacial score (nSPS) is 16.5. The Hall–Kier alpha value is -2.98. The molecule has 43 heavy (non-hydrogen) atoms. The Morgan fingerprint density at radius 2 is 1.79 bits per heavy atom. The predicted octanol–water partition coefficient (Wildman–Crippen LogP) is 3.92. The number of hydrogen-bond acceptors (Lipinski definition) is 9.